The van der Waals surface area contributed by atoms with E-state index in [-0.39, 0.29) is 11.7 Å². The number of pyridine rings is 1. The first kappa shape index (κ1) is 22.9. The van der Waals surface area contributed by atoms with Gasteiger partial charge in [-0.05, 0) is 36.8 Å². The van der Waals surface area contributed by atoms with Crippen molar-refractivity contribution in [3.63, 3.8) is 0 Å². The molecule has 0 aliphatic heterocycles. The van der Waals surface area contributed by atoms with Crippen molar-refractivity contribution < 1.29 is 4.79 Å². The first-order valence-corrected chi connectivity index (χ1v) is 12.9. The predicted molar refractivity (Wildman–Crippen MR) is 139 cm³/mol. The van der Waals surface area contributed by atoms with Crippen LogP contribution in [0.3, 0.4) is 0 Å². The van der Waals surface area contributed by atoms with Crippen LogP contribution in [0.2, 0.25) is 0 Å². The maximum absolute atomic E-state index is 12.6. The highest BCUT2D eigenvalue weighted by Crippen LogP contribution is 2.27. The Labute approximate surface area is 211 Å². The van der Waals surface area contributed by atoms with Crippen LogP contribution in [0.5, 0.6) is 0 Å². The molecule has 0 spiro atoms. The Kier molecular flexibility index (Phi) is 6.97. The third-order valence-electron chi connectivity index (χ3n) is 5.26. The quantitative estimate of drug-likeness (QED) is 0.297. The molecule has 0 saturated heterocycles. The second-order valence-corrected chi connectivity index (χ2v) is 9.74. The second-order valence-electron chi connectivity index (χ2n) is 7.73. The topological polar surface area (TPSA) is 85.6 Å². The first-order valence-electron chi connectivity index (χ1n) is 11.0. The van der Waals surface area contributed by atoms with Gasteiger partial charge >= 0.3 is 0 Å². The second kappa shape index (κ2) is 10.6. The van der Waals surface area contributed by atoms with Gasteiger partial charge in [0.15, 0.2) is 11.0 Å². The lowest BCUT2D eigenvalue weighted by molar-refractivity contribution is -0.118. The molecule has 0 bridgehead atoms. The molecule has 0 radical (unpaired) electrons. The van der Waals surface area contributed by atoms with Crippen molar-refractivity contribution >= 4 is 29.0 Å². The molecule has 5 rings (SSSR count). The van der Waals surface area contributed by atoms with Crippen LogP contribution in [-0.4, -0.2) is 36.4 Å². The van der Waals surface area contributed by atoms with Crippen molar-refractivity contribution in [1.29, 1.82) is 0 Å². The first-order chi connectivity index (χ1) is 17.2. The molecule has 174 valence electrons. The zero-order chi connectivity index (χ0) is 24.0. The van der Waals surface area contributed by atoms with Gasteiger partial charge in [0.05, 0.1) is 16.5 Å². The van der Waals surface area contributed by atoms with Crippen molar-refractivity contribution in [1.82, 2.24) is 30.0 Å². The molecule has 35 heavy (non-hydrogen) atoms. The average molecular weight is 499 g/mol. The van der Waals surface area contributed by atoms with E-state index in [0.717, 1.165) is 33.1 Å². The number of rotatable bonds is 8. The van der Waals surface area contributed by atoms with Crippen LogP contribution in [0.25, 0.3) is 28.3 Å². The summed E-state index contributed by atoms with van der Waals surface area (Å²) in [6, 6.07) is 21.8. The number of aryl methyl sites for hydroxylation is 1. The Morgan fingerprint density at radius 3 is 2.54 bits per heavy atom. The third-order valence-corrected chi connectivity index (χ3v) is 6.96. The molecule has 2 aromatic carbocycles. The molecular weight excluding hydrogens is 476 g/mol. The molecule has 1 amide bonds. The van der Waals surface area contributed by atoms with Crippen LogP contribution in [0.4, 0.5) is 0 Å². The Morgan fingerprint density at radius 1 is 1.00 bits per heavy atom. The fourth-order valence-corrected chi connectivity index (χ4v) is 4.93. The third kappa shape index (κ3) is 5.47. The highest BCUT2D eigenvalue weighted by Gasteiger charge is 2.17. The summed E-state index contributed by atoms with van der Waals surface area (Å²) in [5.41, 5.74) is 4.87. The smallest absolute Gasteiger partial charge is 0.230 e. The average Bonchev–Trinajstić information content (AvgIpc) is 3.54. The van der Waals surface area contributed by atoms with Crippen LogP contribution in [-0.2, 0) is 11.3 Å². The molecule has 0 aliphatic carbocycles. The van der Waals surface area contributed by atoms with Crippen LogP contribution < -0.4 is 5.32 Å². The molecule has 0 aliphatic rings. The molecular formula is C26H22N6OS2. The molecule has 0 fully saturated rings. The van der Waals surface area contributed by atoms with E-state index in [9.17, 15) is 4.79 Å². The van der Waals surface area contributed by atoms with Crippen molar-refractivity contribution in [2.24, 2.45) is 0 Å². The molecule has 9 heteroatoms. The minimum absolute atomic E-state index is 0.0697. The van der Waals surface area contributed by atoms with Gasteiger partial charge < -0.3 is 5.32 Å². The fraction of sp³-hybridized carbons (Fsp3) is 0.115. The Hall–Kier alpha value is -3.82. The predicted octanol–water partition coefficient (Wildman–Crippen LogP) is 5.17. The lowest BCUT2D eigenvalue weighted by Gasteiger charge is -2.10. The largest absolute Gasteiger partial charge is 0.351 e. The number of nitrogens with one attached hydrogen (secondary N) is 1. The van der Waals surface area contributed by atoms with Crippen LogP contribution >= 0.6 is 23.1 Å². The number of carbonyl (C=O) groups excluding carboxylic acids is 1. The van der Waals surface area contributed by atoms with Gasteiger partial charge in [-0.3, -0.25) is 14.3 Å². The minimum atomic E-state index is -0.0697. The van der Waals surface area contributed by atoms with Gasteiger partial charge in [0.1, 0.15) is 0 Å². The van der Waals surface area contributed by atoms with Gasteiger partial charge in [-0.15, -0.1) is 21.5 Å². The zero-order valence-electron chi connectivity index (χ0n) is 19.0. The maximum atomic E-state index is 12.6. The van der Waals surface area contributed by atoms with Gasteiger partial charge in [0.2, 0.25) is 5.91 Å². The van der Waals surface area contributed by atoms with E-state index < -0.39 is 0 Å². The number of thiazole rings is 1. The van der Waals surface area contributed by atoms with Crippen molar-refractivity contribution in [2.75, 3.05) is 5.75 Å². The van der Waals surface area contributed by atoms with Crippen molar-refractivity contribution in [3.05, 3.63) is 95.1 Å². The molecule has 7 nitrogen and oxygen atoms in total. The number of hydrogen-bond acceptors (Lipinski definition) is 7. The van der Waals surface area contributed by atoms with Gasteiger partial charge in [-0.1, -0.05) is 54.2 Å². The molecule has 3 aromatic heterocycles. The number of carbonyl (C=O) groups is 1. The summed E-state index contributed by atoms with van der Waals surface area (Å²) < 4.78 is 1.95. The molecule has 3 heterocycles. The molecule has 0 unspecified atom stereocenters. The fourth-order valence-electron chi connectivity index (χ4n) is 3.53. The summed E-state index contributed by atoms with van der Waals surface area (Å²) in [5.74, 6) is 0.844. The number of amides is 1. The monoisotopic (exact) mass is 498 g/mol. The standard InChI is InChI=1S/C26H22N6OS2/c1-18-29-23(16-34-18)20-11-9-19(10-12-20)14-28-24(33)17-35-26-31-30-25(21-6-5-13-27-15-21)32(26)22-7-3-2-4-8-22/h2-13,15-16H,14,17H2,1H3,(H,28,33). The van der Waals surface area contributed by atoms with Crippen molar-refractivity contribution in [2.45, 2.75) is 18.6 Å². The lowest BCUT2D eigenvalue weighted by Crippen LogP contribution is -2.24. The summed E-state index contributed by atoms with van der Waals surface area (Å²) in [4.78, 5) is 21.3. The molecule has 1 N–H and O–H groups in total. The Morgan fingerprint density at radius 2 is 1.83 bits per heavy atom. The van der Waals surface area contributed by atoms with Crippen LogP contribution in [0, 0.1) is 6.92 Å². The summed E-state index contributed by atoms with van der Waals surface area (Å²) in [6.07, 6.45) is 3.48. The van der Waals surface area contributed by atoms with E-state index in [1.165, 1.54) is 11.8 Å². The Bertz CT molecular complexity index is 1420. The summed E-state index contributed by atoms with van der Waals surface area (Å²) in [6.45, 7) is 2.46. The van der Waals surface area contributed by atoms with E-state index in [4.69, 9.17) is 0 Å². The van der Waals surface area contributed by atoms with Crippen LogP contribution in [0.15, 0.2) is 89.7 Å². The van der Waals surface area contributed by atoms with E-state index >= 15 is 0 Å². The summed E-state index contributed by atoms with van der Waals surface area (Å²) in [7, 11) is 0. The van der Waals surface area contributed by atoms with Gasteiger partial charge in [-0.25, -0.2) is 4.98 Å². The number of thioether (sulfide) groups is 1. The Balaban J connectivity index is 1.24. The number of benzene rings is 2. The molecule has 0 atom stereocenters. The zero-order valence-corrected chi connectivity index (χ0v) is 20.6. The number of aromatic nitrogens is 5. The van der Waals surface area contributed by atoms with E-state index in [1.807, 2.05) is 78.2 Å². The number of nitrogens with zero attached hydrogens (tertiary/aromatic N) is 5. The van der Waals surface area contributed by atoms with Crippen LogP contribution in [0.1, 0.15) is 10.6 Å². The summed E-state index contributed by atoms with van der Waals surface area (Å²) in [5, 5.41) is 15.5. The highest BCUT2D eigenvalue weighted by molar-refractivity contribution is 7.99. The highest BCUT2D eigenvalue weighted by atomic mass is 32.2. The normalized spacial score (nSPS) is 10.9. The van der Waals surface area contributed by atoms with E-state index in [0.29, 0.717) is 17.5 Å². The SMILES string of the molecule is Cc1nc(-c2ccc(CNC(=O)CSc3nnc(-c4cccnc4)n3-c3ccccc3)cc2)cs1. The van der Waals surface area contributed by atoms with Gasteiger partial charge in [0.25, 0.3) is 0 Å². The molecule has 0 saturated carbocycles. The lowest BCUT2D eigenvalue weighted by atomic mass is 10.1. The van der Waals surface area contributed by atoms with E-state index in [1.54, 1.807) is 23.7 Å². The number of para-hydroxylation sites is 1. The van der Waals surface area contributed by atoms with Crippen molar-refractivity contribution in [3.8, 4) is 28.3 Å². The van der Waals surface area contributed by atoms with Gasteiger partial charge in [-0.2, -0.15) is 0 Å². The van der Waals surface area contributed by atoms with Gasteiger partial charge in [0, 0.05) is 41.1 Å². The number of hydrogen-bond donors (Lipinski definition) is 1. The maximum Gasteiger partial charge on any atom is 0.230 e. The molecule has 5 aromatic rings. The van der Waals surface area contributed by atoms with E-state index in [2.05, 4.69) is 30.9 Å². The minimum Gasteiger partial charge on any atom is -0.351 e. The summed E-state index contributed by atoms with van der Waals surface area (Å²) >= 11 is 2.99.